The fourth-order valence-corrected chi connectivity index (χ4v) is 0.419. The van der Waals surface area contributed by atoms with Crippen LogP contribution in [-0.2, 0) is 18.8 Å². The van der Waals surface area contributed by atoms with Gasteiger partial charge in [-0.15, -0.1) is 0 Å². The Kier molecular flexibility index (Phi) is 5.26. The average Bonchev–Trinajstić information content (AvgIpc) is 2.62. The highest BCUT2D eigenvalue weighted by Crippen LogP contribution is 1.85. The molecule has 1 rings (SSSR count). The maximum atomic E-state index is 9.92. The molecule has 12 heavy (non-hydrogen) atoms. The Morgan fingerprint density at radius 3 is 2.00 bits per heavy atom. The predicted molar refractivity (Wildman–Crippen MR) is 41.5 cm³/mol. The first-order valence-corrected chi connectivity index (χ1v) is 4.24. The van der Waals surface area contributed by atoms with Crippen LogP contribution in [0.25, 0.3) is 0 Å². The number of hydrogen-bond acceptors (Lipinski definition) is 5. The summed E-state index contributed by atoms with van der Waals surface area (Å²) in [6, 6.07) is 0. The lowest BCUT2D eigenvalue weighted by Gasteiger charge is -1.91. The molecule has 1 N–H and O–H groups in total. The zero-order chi connectivity index (χ0) is 9.45. The molecular formula is C5H10N2O4S. The van der Waals surface area contributed by atoms with E-state index < -0.39 is 10.4 Å². The SMILES string of the molecule is COS(=O)(=O)OC.c1c[nH]cn1. The van der Waals surface area contributed by atoms with Gasteiger partial charge in [-0.3, -0.25) is 8.37 Å². The molecule has 1 heterocycles. The van der Waals surface area contributed by atoms with E-state index in [0.29, 0.717) is 0 Å². The molecule has 0 aliphatic carbocycles. The van der Waals surface area contributed by atoms with Crippen molar-refractivity contribution in [2.45, 2.75) is 0 Å². The van der Waals surface area contributed by atoms with Crippen molar-refractivity contribution in [1.29, 1.82) is 0 Å². The van der Waals surface area contributed by atoms with Crippen molar-refractivity contribution in [1.82, 2.24) is 9.97 Å². The van der Waals surface area contributed by atoms with E-state index in [9.17, 15) is 8.42 Å². The topological polar surface area (TPSA) is 81.3 Å². The summed E-state index contributed by atoms with van der Waals surface area (Å²) in [6.45, 7) is 0. The van der Waals surface area contributed by atoms with Gasteiger partial charge in [-0.1, -0.05) is 0 Å². The highest BCUT2D eigenvalue weighted by Gasteiger charge is 2.01. The molecule has 0 saturated carbocycles. The molecule has 70 valence electrons. The second kappa shape index (κ2) is 5.70. The monoisotopic (exact) mass is 194 g/mol. The third kappa shape index (κ3) is 5.83. The Morgan fingerprint density at radius 1 is 1.33 bits per heavy atom. The normalized spacial score (nSPS) is 10.2. The third-order valence-electron chi connectivity index (χ3n) is 0.814. The summed E-state index contributed by atoms with van der Waals surface area (Å²) in [5.74, 6) is 0. The fraction of sp³-hybridized carbons (Fsp3) is 0.400. The summed E-state index contributed by atoms with van der Waals surface area (Å²) < 4.78 is 27.5. The molecule has 0 fully saturated rings. The van der Waals surface area contributed by atoms with Crippen molar-refractivity contribution in [3.63, 3.8) is 0 Å². The van der Waals surface area contributed by atoms with E-state index >= 15 is 0 Å². The van der Waals surface area contributed by atoms with Crippen molar-refractivity contribution in [2.24, 2.45) is 0 Å². The number of H-pyrrole nitrogens is 1. The van der Waals surface area contributed by atoms with E-state index in [1.807, 2.05) is 0 Å². The van der Waals surface area contributed by atoms with Gasteiger partial charge >= 0.3 is 10.4 Å². The van der Waals surface area contributed by atoms with Gasteiger partial charge < -0.3 is 4.98 Å². The average molecular weight is 194 g/mol. The van der Waals surface area contributed by atoms with Gasteiger partial charge in [-0.25, -0.2) is 4.98 Å². The molecule has 6 nitrogen and oxygen atoms in total. The molecule has 0 saturated heterocycles. The summed E-state index contributed by atoms with van der Waals surface area (Å²) in [5, 5.41) is 0. The lowest BCUT2D eigenvalue weighted by atomic mass is 11.0. The zero-order valence-electron chi connectivity index (χ0n) is 6.72. The first-order valence-electron chi connectivity index (χ1n) is 2.91. The predicted octanol–water partition coefficient (Wildman–Crippen LogP) is -0.0663. The number of hydrogen-bond donors (Lipinski definition) is 1. The Morgan fingerprint density at radius 2 is 1.92 bits per heavy atom. The summed E-state index contributed by atoms with van der Waals surface area (Å²) >= 11 is 0. The van der Waals surface area contributed by atoms with Crippen LogP contribution in [0.1, 0.15) is 0 Å². The van der Waals surface area contributed by atoms with Crippen LogP contribution in [0.3, 0.4) is 0 Å². The van der Waals surface area contributed by atoms with Gasteiger partial charge in [-0.05, 0) is 0 Å². The van der Waals surface area contributed by atoms with Crippen LogP contribution >= 0.6 is 0 Å². The minimum atomic E-state index is -3.66. The van der Waals surface area contributed by atoms with Crippen LogP contribution in [0, 0.1) is 0 Å². The van der Waals surface area contributed by atoms with Gasteiger partial charge in [0, 0.05) is 12.4 Å². The third-order valence-corrected chi connectivity index (χ3v) is 1.63. The second-order valence-corrected chi connectivity index (χ2v) is 2.99. The summed E-state index contributed by atoms with van der Waals surface area (Å²) in [4.78, 5) is 6.42. The number of aromatic nitrogens is 2. The quantitative estimate of drug-likeness (QED) is 0.712. The van der Waals surface area contributed by atoms with Crippen molar-refractivity contribution >= 4 is 10.4 Å². The van der Waals surface area contributed by atoms with E-state index in [1.165, 1.54) is 0 Å². The van der Waals surface area contributed by atoms with Gasteiger partial charge in [0.1, 0.15) is 0 Å². The lowest BCUT2D eigenvalue weighted by molar-refractivity contribution is 0.286. The van der Waals surface area contributed by atoms with Crippen LogP contribution in [-0.4, -0.2) is 32.6 Å². The smallest absolute Gasteiger partial charge is 0.351 e. The molecule has 0 unspecified atom stereocenters. The van der Waals surface area contributed by atoms with E-state index in [1.54, 1.807) is 18.7 Å². The molecular weight excluding hydrogens is 184 g/mol. The Hall–Kier alpha value is -0.920. The van der Waals surface area contributed by atoms with E-state index in [-0.39, 0.29) is 0 Å². The Bertz CT molecular complexity index is 240. The molecule has 0 spiro atoms. The number of nitrogens with zero attached hydrogens (tertiary/aromatic N) is 1. The first-order chi connectivity index (χ1) is 5.62. The van der Waals surface area contributed by atoms with Crippen molar-refractivity contribution in [3.05, 3.63) is 18.7 Å². The molecule has 1 aromatic rings. The van der Waals surface area contributed by atoms with Crippen LogP contribution < -0.4 is 0 Å². The molecule has 0 aliphatic heterocycles. The van der Waals surface area contributed by atoms with Crippen LogP contribution in [0.2, 0.25) is 0 Å². The van der Waals surface area contributed by atoms with E-state index in [0.717, 1.165) is 14.2 Å². The molecule has 0 aliphatic rings. The Balaban J connectivity index is 0.000000211. The van der Waals surface area contributed by atoms with E-state index in [4.69, 9.17) is 0 Å². The van der Waals surface area contributed by atoms with Gasteiger partial charge in [-0.2, -0.15) is 8.42 Å². The summed E-state index contributed by atoms with van der Waals surface area (Å²) in [7, 11) is -1.60. The minimum absolute atomic E-state index is 1.03. The van der Waals surface area contributed by atoms with E-state index in [2.05, 4.69) is 18.3 Å². The van der Waals surface area contributed by atoms with Gasteiger partial charge in [0.2, 0.25) is 0 Å². The van der Waals surface area contributed by atoms with Crippen molar-refractivity contribution in [3.8, 4) is 0 Å². The molecule has 0 amide bonds. The summed E-state index contributed by atoms with van der Waals surface area (Å²) in [5.41, 5.74) is 0. The number of nitrogens with one attached hydrogen (secondary N) is 1. The highest BCUT2D eigenvalue weighted by molar-refractivity contribution is 7.81. The number of imidazole rings is 1. The molecule has 0 bridgehead atoms. The molecule has 0 atom stereocenters. The number of rotatable bonds is 2. The maximum absolute atomic E-state index is 9.92. The largest absolute Gasteiger partial charge is 0.399 e. The first kappa shape index (κ1) is 11.1. The van der Waals surface area contributed by atoms with Crippen LogP contribution in [0.5, 0.6) is 0 Å². The van der Waals surface area contributed by atoms with Crippen molar-refractivity contribution < 1.29 is 16.8 Å². The molecule has 1 aromatic heterocycles. The van der Waals surface area contributed by atoms with Crippen LogP contribution in [0.4, 0.5) is 0 Å². The lowest BCUT2D eigenvalue weighted by Crippen LogP contribution is -2.02. The van der Waals surface area contributed by atoms with Crippen LogP contribution in [0.15, 0.2) is 18.7 Å². The molecule has 0 aromatic carbocycles. The van der Waals surface area contributed by atoms with Crippen molar-refractivity contribution in [2.75, 3.05) is 14.2 Å². The summed E-state index contributed by atoms with van der Waals surface area (Å²) in [6.07, 6.45) is 5.08. The fourth-order valence-electron chi connectivity index (χ4n) is 0.283. The zero-order valence-corrected chi connectivity index (χ0v) is 7.54. The van der Waals surface area contributed by atoms with Gasteiger partial charge in [0.15, 0.2) is 0 Å². The number of aromatic amines is 1. The maximum Gasteiger partial charge on any atom is 0.399 e. The van der Waals surface area contributed by atoms with Gasteiger partial charge in [0.05, 0.1) is 20.5 Å². The molecule has 0 radical (unpaired) electrons. The van der Waals surface area contributed by atoms with Gasteiger partial charge in [0.25, 0.3) is 0 Å². The highest BCUT2D eigenvalue weighted by atomic mass is 32.3. The second-order valence-electron chi connectivity index (χ2n) is 1.50. The minimum Gasteiger partial charge on any atom is -0.351 e. The standard InChI is InChI=1S/C3H4N2.C2H6O4S/c1-2-5-3-4-1;1-5-7(3,4)6-2/h1-3H,(H,4,5);1-2H3. The molecule has 7 heteroatoms. The Labute approximate surface area is 70.9 Å².